The zero-order chi connectivity index (χ0) is 18.7. The summed E-state index contributed by atoms with van der Waals surface area (Å²) in [5, 5.41) is 7.88. The SMILES string of the molecule is Cc1ccc(C)c(/C=N\N2C(=O)N[C@@](C)(CCc3ccccc3)C2=O)c1. The fourth-order valence-corrected chi connectivity index (χ4v) is 3.00. The Morgan fingerprint density at radius 3 is 2.58 bits per heavy atom. The number of carbonyl (C=O) groups is 2. The summed E-state index contributed by atoms with van der Waals surface area (Å²) >= 11 is 0. The topological polar surface area (TPSA) is 61.8 Å². The molecule has 1 aliphatic rings. The van der Waals surface area contributed by atoms with Crippen LogP contribution in [0.25, 0.3) is 0 Å². The first-order valence-electron chi connectivity index (χ1n) is 8.71. The lowest BCUT2D eigenvalue weighted by Gasteiger charge is -2.20. The second-order valence-electron chi connectivity index (χ2n) is 6.97. The zero-order valence-electron chi connectivity index (χ0n) is 15.3. The molecular formula is C21H23N3O2. The van der Waals surface area contributed by atoms with Gasteiger partial charge in [-0.25, -0.2) is 4.79 Å². The molecule has 0 spiro atoms. The minimum Gasteiger partial charge on any atom is -0.322 e. The van der Waals surface area contributed by atoms with Crippen molar-refractivity contribution >= 4 is 18.2 Å². The molecule has 5 nitrogen and oxygen atoms in total. The fraction of sp³-hybridized carbons (Fsp3) is 0.286. The van der Waals surface area contributed by atoms with Crippen molar-refractivity contribution in [2.45, 2.75) is 39.2 Å². The van der Waals surface area contributed by atoms with Gasteiger partial charge in [-0.15, -0.1) is 5.01 Å². The molecule has 1 fully saturated rings. The van der Waals surface area contributed by atoms with Gasteiger partial charge in [-0.2, -0.15) is 5.10 Å². The number of imide groups is 1. The summed E-state index contributed by atoms with van der Waals surface area (Å²) in [7, 11) is 0. The van der Waals surface area contributed by atoms with E-state index in [9.17, 15) is 9.59 Å². The third kappa shape index (κ3) is 3.67. The third-order valence-electron chi connectivity index (χ3n) is 4.74. The van der Waals surface area contributed by atoms with Crippen molar-refractivity contribution in [3.8, 4) is 0 Å². The van der Waals surface area contributed by atoms with E-state index in [0.717, 1.165) is 27.3 Å². The lowest BCUT2D eigenvalue weighted by atomic mass is 9.93. The van der Waals surface area contributed by atoms with Gasteiger partial charge in [-0.05, 0) is 50.3 Å². The van der Waals surface area contributed by atoms with Crippen molar-refractivity contribution in [3.63, 3.8) is 0 Å². The second kappa shape index (κ2) is 7.12. The van der Waals surface area contributed by atoms with Crippen LogP contribution in [-0.2, 0) is 11.2 Å². The van der Waals surface area contributed by atoms with Crippen LogP contribution in [0.4, 0.5) is 4.79 Å². The first-order valence-corrected chi connectivity index (χ1v) is 8.71. The normalized spacial score (nSPS) is 20.0. The van der Waals surface area contributed by atoms with Gasteiger partial charge < -0.3 is 5.32 Å². The average Bonchev–Trinajstić information content (AvgIpc) is 2.84. The van der Waals surface area contributed by atoms with Crippen molar-refractivity contribution < 1.29 is 9.59 Å². The number of rotatable bonds is 5. The highest BCUT2D eigenvalue weighted by Gasteiger charge is 2.47. The first kappa shape index (κ1) is 17.9. The van der Waals surface area contributed by atoms with Crippen LogP contribution in [0.15, 0.2) is 53.6 Å². The Hall–Kier alpha value is -2.95. The number of carbonyl (C=O) groups excluding carboxylic acids is 2. The maximum absolute atomic E-state index is 12.8. The minimum absolute atomic E-state index is 0.319. The Morgan fingerprint density at radius 2 is 1.85 bits per heavy atom. The van der Waals surface area contributed by atoms with Crippen LogP contribution in [0.3, 0.4) is 0 Å². The second-order valence-corrected chi connectivity index (χ2v) is 6.97. The Morgan fingerprint density at radius 1 is 1.12 bits per heavy atom. The van der Waals surface area contributed by atoms with Crippen LogP contribution in [0, 0.1) is 13.8 Å². The molecule has 1 aliphatic heterocycles. The molecule has 0 aromatic heterocycles. The van der Waals surface area contributed by atoms with E-state index in [2.05, 4.69) is 10.4 Å². The van der Waals surface area contributed by atoms with Crippen LogP contribution >= 0.6 is 0 Å². The molecule has 0 radical (unpaired) electrons. The standard InChI is InChI=1S/C21H23N3O2/c1-15-9-10-16(2)18(13-15)14-22-24-19(25)21(3,23-20(24)26)12-11-17-7-5-4-6-8-17/h4-10,13-14H,11-12H2,1-3H3,(H,23,26)/b22-14-/t21-/m0/s1. The van der Waals surface area contributed by atoms with Crippen molar-refractivity contribution in [1.82, 2.24) is 10.3 Å². The van der Waals surface area contributed by atoms with Crippen LogP contribution in [0.2, 0.25) is 0 Å². The molecule has 3 amide bonds. The Balaban J connectivity index is 1.73. The highest BCUT2D eigenvalue weighted by molar-refractivity contribution is 6.07. The minimum atomic E-state index is -0.939. The van der Waals surface area contributed by atoms with Gasteiger partial charge in [0.05, 0.1) is 6.21 Å². The lowest BCUT2D eigenvalue weighted by molar-refractivity contribution is -0.130. The lowest BCUT2D eigenvalue weighted by Crippen LogP contribution is -2.44. The van der Waals surface area contributed by atoms with Gasteiger partial charge in [-0.1, -0.05) is 54.1 Å². The number of urea groups is 1. The summed E-state index contributed by atoms with van der Waals surface area (Å²) < 4.78 is 0. The van der Waals surface area contributed by atoms with E-state index in [1.807, 2.05) is 62.4 Å². The predicted molar refractivity (Wildman–Crippen MR) is 102 cm³/mol. The van der Waals surface area contributed by atoms with E-state index < -0.39 is 11.6 Å². The highest BCUT2D eigenvalue weighted by Crippen LogP contribution is 2.23. The molecule has 2 aromatic rings. The number of hydrogen-bond acceptors (Lipinski definition) is 3. The smallest absolute Gasteiger partial charge is 0.322 e. The number of hydrogen-bond donors (Lipinski definition) is 1. The number of aryl methyl sites for hydroxylation is 3. The number of hydrazone groups is 1. The summed E-state index contributed by atoms with van der Waals surface area (Å²) in [6.45, 7) is 5.71. The van der Waals surface area contributed by atoms with Crippen LogP contribution in [0.5, 0.6) is 0 Å². The first-order chi connectivity index (χ1) is 12.4. The molecule has 134 valence electrons. The number of nitrogens with one attached hydrogen (secondary N) is 1. The molecule has 2 aromatic carbocycles. The van der Waals surface area contributed by atoms with Crippen LogP contribution < -0.4 is 5.32 Å². The molecule has 1 N–H and O–H groups in total. The Bertz CT molecular complexity index is 861. The quantitative estimate of drug-likeness (QED) is 0.662. The van der Waals surface area contributed by atoms with Crippen molar-refractivity contribution in [1.29, 1.82) is 0 Å². The molecule has 1 heterocycles. The molecule has 1 atom stereocenters. The largest absolute Gasteiger partial charge is 0.346 e. The summed E-state index contributed by atoms with van der Waals surface area (Å²) in [5.74, 6) is -0.319. The maximum atomic E-state index is 12.8. The van der Waals surface area contributed by atoms with E-state index in [1.165, 1.54) is 0 Å². The summed E-state index contributed by atoms with van der Waals surface area (Å²) in [5.41, 5.74) is 3.23. The van der Waals surface area contributed by atoms with Crippen LogP contribution in [0.1, 0.15) is 35.6 Å². The van der Waals surface area contributed by atoms with Crippen LogP contribution in [-0.4, -0.2) is 28.7 Å². The predicted octanol–water partition coefficient (Wildman–Crippen LogP) is 3.58. The summed E-state index contributed by atoms with van der Waals surface area (Å²) in [6, 6.07) is 15.4. The summed E-state index contributed by atoms with van der Waals surface area (Å²) in [4.78, 5) is 25.0. The van der Waals surface area contributed by atoms with Gasteiger partial charge in [0.2, 0.25) is 0 Å². The molecule has 26 heavy (non-hydrogen) atoms. The maximum Gasteiger partial charge on any atom is 0.346 e. The highest BCUT2D eigenvalue weighted by atomic mass is 16.2. The third-order valence-corrected chi connectivity index (χ3v) is 4.74. The molecular weight excluding hydrogens is 326 g/mol. The van der Waals surface area contributed by atoms with Gasteiger partial charge in [-0.3, -0.25) is 4.79 Å². The molecule has 0 unspecified atom stereocenters. The molecule has 3 rings (SSSR count). The number of nitrogens with zero attached hydrogens (tertiary/aromatic N) is 2. The van der Waals surface area contributed by atoms with E-state index >= 15 is 0 Å². The number of benzene rings is 2. The Kier molecular flexibility index (Phi) is 4.89. The van der Waals surface area contributed by atoms with Crippen molar-refractivity contribution in [3.05, 3.63) is 70.8 Å². The van der Waals surface area contributed by atoms with Gasteiger partial charge in [0.15, 0.2) is 0 Å². The van der Waals surface area contributed by atoms with Crippen molar-refractivity contribution in [2.24, 2.45) is 5.10 Å². The fourth-order valence-electron chi connectivity index (χ4n) is 3.00. The molecule has 0 saturated carbocycles. The molecule has 1 saturated heterocycles. The van der Waals surface area contributed by atoms with Crippen molar-refractivity contribution in [2.75, 3.05) is 0 Å². The van der Waals surface area contributed by atoms with E-state index in [0.29, 0.717) is 12.8 Å². The van der Waals surface area contributed by atoms with E-state index in [1.54, 1.807) is 13.1 Å². The monoisotopic (exact) mass is 349 g/mol. The average molecular weight is 349 g/mol. The zero-order valence-corrected chi connectivity index (χ0v) is 15.3. The summed E-state index contributed by atoms with van der Waals surface area (Å²) in [6.07, 6.45) is 2.80. The van der Waals surface area contributed by atoms with Gasteiger partial charge in [0.25, 0.3) is 5.91 Å². The molecule has 0 aliphatic carbocycles. The van der Waals surface area contributed by atoms with Gasteiger partial charge >= 0.3 is 6.03 Å². The number of amides is 3. The van der Waals surface area contributed by atoms with Gasteiger partial charge in [0, 0.05) is 0 Å². The van der Waals surface area contributed by atoms with E-state index in [4.69, 9.17) is 0 Å². The molecule has 5 heteroatoms. The van der Waals surface area contributed by atoms with E-state index in [-0.39, 0.29) is 5.91 Å². The molecule has 0 bridgehead atoms. The van der Waals surface area contributed by atoms with Gasteiger partial charge in [0.1, 0.15) is 5.54 Å². The Labute approximate surface area is 153 Å².